The standard InChI is InChI=1S/C25H32N4O6/c1-15-6-5-7-20(16(15)2)26-14-24(30)27-21-10-8-17(29(32)33)12-19(21)25(31)28-22-11-9-18(34-3)13-23(22)35-4/h8-13,15-16,20,26H,5-7,14H2,1-4H3,(H,27,30)(H,28,31). The van der Waals surface area contributed by atoms with Crippen molar-refractivity contribution in [3.8, 4) is 11.5 Å². The number of nitro benzene ring substituents is 1. The Bertz CT molecular complexity index is 1090. The Morgan fingerprint density at radius 1 is 1.03 bits per heavy atom. The molecule has 2 aromatic carbocycles. The SMILES string of the molecule is COc1ccc(NC(=O)c2cc([N+](=O)[O-])ccc2NC(=O)CNC2CCCC(C)C2C)c(OC)c1. The van der Waals surface area contributed by atoms with Crippen molar-refractivity contribution in [3.05, 3.63) is 52.1 Å². The minimum absolute atomic E-state index is 0.0370. The second-order valence-corrected chi connectivity index (χ2v) is 8.81. The summed E-state index contributed by atoms with van der Waals surface area (Å²) in [6.07, 6.45) is 3.31. The molecule has 3 rings (SSSR count). The molecule has 3 unspecified atom stereocenters. The number of carbonyl (C=O) groups is 2. The van der Waals surface area contributed by atoms with Crippen molar-refractivity contribution in [2.24, 2.45) is 11.8 Å². The van der Waals surface area contributed by atoms with Crippen LogP contribution in [0.15, 0.2) is 36.4 Å². The molecule has 0 aromatic heterocycles. The van der Waals surface area contributed by atoms with Crippen molar-refractivity contribution in [3.63, 3.8) is 0 Å². The molecule has 188 valence electrons. The summed E-state index contributed by atoms with van der Waals surface area (Å²) in [5.74, 6) is 0.975. The van der Waals surface area contributed by atoms with Crippen molar-refractivity contribution in [2.45, 2.75) is 39.2 Å². The lowest BCUT2D eigenvalue weighted by atomic mass is 9.78. The highest BCUT2D eigenvalue weighted by Crippen LogP contribution is 2.31. The molecule has 0 spiro atoms. The first-order chi connectivity index (χ1) is 16.7. The van der Waals surface area contributed by atoms with Gasteiger partial charge in [0.1, 0.15) is 11.5 Å². The molecular formula is C25H32N4O6. The molecule has 0 radical (unpaired) electrons. The summed E-state index contributed by atoms with van der Waals surface area (Å²) < 4.78 is 10.5. The Morgan fingerprint density at radius 2 is 1.77 bits per heavy atom. The second-order valence-electron chi connectivity index (χ2n) is 8.81. The van der Waals surface area contributed by atoms with Gasteiger partial charge in [-0.15, -0.1) is 0 Å². The molecule has 1 saturated carbocycles. The van der Waals surface area contributed by atoms with Gasteiger partial charge < -0.3 is 25.4 Å². The van der Waals surface area contributed by atoms with Gasteiger partial charge in [0.25, 0.3) is 11.6 Å². The van der Waals surface area contributed by atoms with Crippen molar-refractivity contribution >= 4 is 28.9 Å². The molecule has 3 atom stereocenters. The van der Waals surface area contributed by atoms with Gasteiger partial charge in [-0.05, 0) is 36.5 Å². The highest BCUT2D eigenvalue weighted by molar-refractivity contribution is 6.11. The molecule has 35 heavy (non-hydrogen) atoms. The number of hydrogen-bond acceptors (Lipinski definition) is 7. The van der Waals surface area contributed by atoms with E-state index in [4.69, 9.17) is 9.47 Å². The lowest BCUT2D eigenvalue weighted by Crippen LogP contribution is -2.43. The van der Waals surface area contributed by atoms with Crippen molar-refractivity contribution in [2.75, 3.05) is 31.4 Å². The van der Waals surface area contributed by atoms with Crippen LogP contribution in [-0.2, 0) is 4.79 Å². The van der Waals surface area contributed by atoms with E-state index in [1.54, 1.807) is 18.2 Å². The van der Waals surface area contributed by atoms with Crippen molar-refractivity contribution < 1.29 is 24.0 Å². The summed E-state index contributed by atoms with van der Waals surface area (Å²) in [4.78, 5) is 36.5. The number of methoxy groups -OCH3 is 2. The molecule has 2 aromatic rings. The number of carbonyl (C=O) groups excluding carboxylic acids is 2. The first-order valence-electron chi connectivity index (χ1n) is 11.6. The predicted molar refractivity (Wildman–Crippen MR) is 133 cm³/mol. The maximum absolute atomic E-state index is 13.1. The fourth-order valence-electron chi connectivity index (χ4n) is 4.32. The molecule has 0 aliphatic heterocycles. The Kier molecular flexibility index (Phi) is 8.64. The van der Waals surface area contributed by atoms with Gasteiger partial charge in [0.15, 0.2) is 0 Å². The molecule has 1 aliphatic rings. The van der Waals surface area contributed by atoms with Crippen LogP contribution in [-0.4, -0.2) is 43.5 Å². The van der Waals surface area contributed by atoms with Crippen LogP contribution in [0.5, 0.6) is 11.5 Å². The van der Waals surface area contributed by atoms with Gasteiger partial charge in [-0.25, -0.2) is 0 Å². The van der Waals surface area contributed by atoms with Gasteiger partial charge in [-0.1, -0.05) is 26.7 Å². The average Bonchev–Trinajstić information content (AvgIpc) is 2.85. The van der Waals surface area contributed by atoms with Gasteiger partial charge >= 0.3 is 0 Å². The lowest BCUT2D eigenvalue weighted by molar-refractivity contribution is -0.384. The van der Waals surface area contributed by atoms with Crippen LogP contribution in [0.25, 0.3) is 0 Å². The third-order valence-electron chi connectivity index (χ3n) is 6.62. The van der Waals surface area contributed by atoms with Gasteiger partial charge in [0.2, 0.25) is 5.91 Å². The van der Waals surface area contributed by atoms with Gasteiger partial charge in [0.05, 0.1) is 42.6 Å². The fraction of sp³-hybridized carbons (Fsp3) is 0.440. The van der Waals surface area contributed by atoms with Crippen LogP contribution in [0.3, 0.4) is 0 Å². The molecule has 2 amide bonds. The molecule has 0 bridgehead atoms. The number of amides is 2. The molecule has 1 fully saturated rings. The Hall–Kier alpha value is -3.66. The summed E-state index contributed by atoms with van der Waals surface area (Å²) in [5.41, 5.74) is 0.227. The third kappa shape index (κ3) is 6.48. The largest absolute Gasteiger partial charge is 0.497 e. The summed E-state index contributed by atoms with van der Waals surface area (Å²) in [5, 5.41) is 20.0. The van der Waals surface area contributed by atoms with Crippen molar-refractivity contribution in [1.29, 1.82) is 0 Å². The first kappa shape index (κ1) is 26.0. The maximum Gasteiger partial charge on any atom is 0.270 e. The van der Waals surface area contributed by atoms with E-state index in [0.717, 1.165) is 18.9 Å². The molecule has 10 heteroatoms. The minimum atomic E-state index is -0.629. The highest BCUT2D eigenvalue weighted by atomic mass is 16.6. The second kappa shape index (κ2) is 11.7. The Morgan fingerprint density at radius 3 is 2.46 bits per heavy atom. The van der Waals surface area contributed by atoms with E-state index in [1.807, 2.05) is 0 Å². The van der Waals surface area contributed by atoms with Crippen LogP contribution >= 0.6 is 0 Å². The smallest absolute Gasteiger partial charge is 0.270 e. The lowest BCUT2D eigenvalue weighted by Gasteiger charge is -2.34. The number of anilines is 2. The first-order valence-corrected chi connectivity index (χ1v) is 11.6. The zero-order valence-corrected chi connectivity index (χ0v) is 20.4. The Labute approximate surface area is 204 Å². The average molecular weight is 485 g/mol. The quantitative estimate of drug-likeness (QED) is 0.359. The number of rotatable bonds is 9. The number of hydrogen-bond donors (Lipinski definition) is 3. The summed E-state index contributed by atoms with van der Waals surface area (Å²) in [6.45, 7) is 4.48. The summed E-state index contributed by atoms with van der Waals surface area (Å²) in [7, 11) is 2.96. The van der Waals surface area contributed by atoms with Gasteiger partial charge in [-0.3, -0.25) is 19.7 Å². The van der Waals surface area contributed by atoms with Crippen molar-refractivity contribution in [1.82, 2.24) is 5.32 Å². The minimum Gasteiger partial charge on any atom is -0.497 e. The molecule has 0 saturated heterocycles. The van der Waals surface area contributed by atoms with E-state index in [9.17, 15) is 19.7 Å². The topological polar surface area (TPSA) is 132 Å². The number of nitrogens with zero attached hydrogens (tertiary/aromatic N) is 1. The number of benzene rings is 2. The fourth-order valence-corrected chi connectivity index (χ4v) is 4.32. The summed E-state index contributed by atoms with van der Waals surface area (Å²) in [6, 6.07) is 8.84. The number of non-ortho nitro benzene ring substituents is 1. The third-order valence-corrected chi connectivity index (χ3v) is 6.62. The van der Waals surface area contributed by atoms with E-state index < -0.39 is 10.8 Å². The predicted octanol–water partition coefficient (Wildman–Crippen LogP) is 4.22. The molecule has 1 aliphatic carbocycles. The molecule has 10 nitrogen and oxygen atoms in total. The maximum atomic E-state index is 13.1. The molecule has 0 heterocycles. The highest BCUT2D eigenvalue weighted by Gasteiger charge is 2.27. The number of nitro groups is 1. The normalized spacial score (nSPS) is 19.5. The Balaban J connectivity index is 1.77. The number of ether oxygens (including phenoxy) is 2. The van der Waals surface area contributed by atoms with Crippen LogP contribution in [0.2, 0.25) is 0 Å². The zero-order chi connectivity index (χ0) is 25.5. The monoisotopic (exact) mass is 484 g/mol. The van der Waals surface area contributed by atoms with Gasteiger partial charge in [0, 0.05) is 24.2 Å². The van der Waals surface area contributed by atoms with Crippen LogP contribution in [0.4, 0.5) is 17.1 Å². The van der Waals surface area contributed by atoms with E-state index in [0.29, 0.717) is 29.0 Å². The zero-order valence-electron chi connectivity index (χ0n) is 20.4. The van der Waals surface area contributed by atoms with Crippen LogP contribution in [0.1, 0.15) is 43.5 Å². The molecular weight excluding hydrogens is 452 g/mol. The van der Waals surface area contributed by atoms with Crippen LogP contribution in [0, 0.1) is 22.0 Å². The van der Waals surface area contributed by atoms with Crippen LogP contribution < -0.4 is 25.4 Å². The van der Waals surface area contributed by atoms with E-state index >= 15 is 0 Å². The van der Waals surface area contributed by atoms with E-state index in [-0.39, 0.29) is 35.4 Å². The van der Waals surface area contributed by atoms with Gasteiger partial charge in [-0.2, -0.15) is 0 Å². The van der Waals surface area contributed by atoms with E-state index in [2.05, 4.69) is 29.8 Å². The summed E-state index contributed by atoms with van der Waals surface area (Å²) >= 11 is 0. The van der Waals surface area contributed by atoms with E-state index in [1.165, 1.54) is 32.8 Å². The molecule has 3 N–H and O–H groups in total. The number of nitrogens with one attached hydrogen (secondary N) is 3.